The van der Waals surface area contributed by atoms with Crippen LogP contribution in [0, 0.1) is 0 Å². The predicted octanol–water partition coefficient (Wildman–Crippen LogP) is 3.45. The number of hydrogen-bond acceptors (Lipinski definition) is 3. The lowest BCUT2D eigenvalue weighted by Gasteiger charge is -2.13. The summed E-state index contributed by atoms with van der Waals surface area (Å²) in [6, 6.07) is 7.23. The zero-order valence-electron chi connectivity index (χ0n) is 8.43. The lowest BCUT2D eigenvalue weighted by atomic mass is 10.2. The van der Waals surface area contributed by atoms with Crippen molar-refractivity contribution < 1.29 is 9.53 Å². The third-order valence-electron chi connectivity index (χ3n) is 2.03. The first-order valence-electron chi connectivity index (χ1n) is 4.76. The summed E-state index contributed by atoms with van der Waals surface area (Å²) in [7, 11) is 0. The average Bonchev–Trinajstić information content (AvgIpc) is 2.81. The van der Waals surface area contributed by atoms with E-state index >= 15 is 0 Å². The fraction of sp³-hybridized carbons (Fsp3) is 0.182. The molecule has 0 aromatic heterocycles. The van der Waals surface area contributed by atoms with E-state index in [1.54, 1.807) is 16.4 Å². The highest BCUT2D eigenvalue weighted by molar-refractivity contribution is 8.00. The van der Waals surface area contributed by atoms with Crippen molar-refractivity contribution in [3.63, 3.8) is 0 Å². The van der Waals surface area contributed by atoms with E-state index in [2.05, 4.69) is 0 Å². The van der Waals surface area contributed by atoms with Crippen LogP contribution in [-0.2, 0) is 11.3 Å². The Hall–Kier alpha value is -1.13. The van der Waals surface area contributed by atoms with Gasteiger partial charge in [-0.2, -0.15) is 0 Å². The lowest BCUT2D eigenvalue weighted by molar-refractivity contribution is 0.124. The SMILES string of the molecule is O=C(OCc1ccc(Cl)cc1)N1CC=CS1. The Bertz CT molecular complexity index is 397. The van der Waals surface area contributed by atoms with Gasteiger partial charge in [0.1, 0.15) is 6.61 Å². The highest BCUT2D eigenvalue weighted by atomic mass is 35.5. The topological polar surface area (TPSA) is 29.5 Å². The van der Waals surface area contributed by atoms with Crippen LogP contribution in [0.1, 0.15) is 5.56 Å². The van der Waals surface area contributed by atoms with Gasteiger partial charge in [0, 0.05) is 5.02 Å². The Morgan fingerprint density at radius 1 is 1.44 bits per heavy atom. The molecule has 1 heterocycles. The summed E-state index contributed by atoms with van der Waals surface area (Å²) >= 11 is 7.10. The molecule has 0 N–H and O–H groups in total. The van der Waals surface area contributed by atoms with E-state index in [1.807, 2.05) is 23.6 Å². The number of nitrogens with zero attached hydrogens (tertiary/aromatic N) is 1. The average molecular weight is 256 g/mol. The first-order chi connectivity index (χ1) is 7.75. The fourth-order valence-electron chi connectivity index (χ4n) is 1.21. The van der Waals surface area contributed by atoms with Crippen molar-refractivity contribution in [2.24, 2.45) is 0 Å². The van der Waals surface area contributed by atoms with Gasteiger partial charge in [-0.1, -0.05) is 29.8 Å². The van der Waals surface area contributed by atoms with E-state index in [9.17, 15) is 4.79 Å². The van der Waals surface area contributed by atoms with Crippen molar-refractivity contribution in [3.8, 4) is 0 Å². The van der Waals surface area contributed by atoms with Crippen LogP contribution < -0.4 is 0 Å². The monoisotopic (exact) mass is 255 g/mol. The van der Waals surface area contributed by atoms with Gasteiger partial charge >= 0.3 is 6.09 Å². The van der Waals surface area contributed by atoms with Crippen LogP contribution in [0.4, 0.5) is 4.79 Å². The van der Waals surface area contributed by atoms with Gasteiger partial charge in [-0.3, -0.25) is 0 Å². The summed E-state index contributed by atoms with van der Waals surface area (Å²) in [5, 5.41) is 2.54. The van der Waals surface area contributed by atoms with Gasteiger partial charge in [-0.25, -0.2) is 9.10 Å². The molecule has 0 aliphatic carbocycles. The molecule has 2 rings (SSSR count). The second kappa shape index (κ2) is 5.27. The van der Waals surface area contributed by atoms with Crippen molar-refractivity contribution in [2.45, 2.75) is 6.61 Å². The van der Waals surface area contributed by atoms with Crippen LogP contribution in [0.3, 0.4) is 0 Å². The van der Waals surface area contributed by atoms with Crippen molar-refractivity contribution in [3.05, 3.63) is 46.3 Å². The standard InChI is InChI=1S/C11H10ClNO2S/c12-10-4-2-9(3-5-10)8-15-11(14)13-6-1-7-16-13/h1-5,7H,6,8H2. The maximum Gasteiger partial charge on any atom is 0.420 e. The Kier molecular flexibility index (Phi) is 3.74. The molecule has 0 bridgehead atoms. The van der Waals surface area contributed by atoms with Gasteiger partial charge in [0.05, 0.1) is 6.54 Å². The summed E-state index contributed by atoms with van der Waals surface area (Å²) in [4.78, 5) is 11.5. The fourth-order valence-corrected chi connectivity index (χ4v) is 1.97. The first kappa shape index (κ1) is 11.4. The third kappa shape index (κ3) is 2.93. The van der Waals surface area contributed by atoms with Crippen LogP contribution in [-0.4, -0.2) is 16.9 Å². The minimum atomic E-state index is -0.315. The summed E-state index contributed by atoms with van der Waals surface area (Å²) in [5.74, 6) is 0. The number of ether oxygens (including phenoxy) is 1. The van der Waals surface area contributed by atoms with Gasteiger partial charge < -0.3 is 4.74 Å². The number of amides is 1. The van der Waals surface area contributed by atoms with Gasteiger partial charge in [-0.15, -0.1) is 0 Å². The van der Waals surface area contributed by atoms with Gasteiger partial charge in [0.2, 0.25) is 0 Å². The molecule has 0 saturated heterocycles. The van der Waals surface area contributed by atoms with Crippen molar-refractivity contribution in [1.29, 1.82) is 0 Å². The number of hydrogen-bond donors (Lipinski definition) is 0. The van der Waals surface area contributed by atoms with E-state index in [4.69, 9.17) is 16.3 Å². The Labute approximate surface area is 103 Å². The van der Waals surface area contributed by atoms with Crippen molar-refractivity contribution in [1.82, 2.24) is 4.31 Å². The molecule has 0 unspecified atom stereocenters. The Balaban J connectivity index is 1.82. The Morgan fingerprint density at radius 3 is 2.81 bits per heavy atom. The van der Waals surface area contributed by atoms with Crippen LogP contribution in [0.15, 0.2) is 35.7 Å². The molecule has 16 heavy (non-hydrogen) atoms. The van der Waals surface area contributed by atoms with Crippen LogP contribution in [0.5, 0.6) is 0 Å². The molecule has 84 valence electrons. The highest BCUT2D eigenvalue weighted by Gasteiger charge is 2.16. The van der Waals surface area contributed by atoms with Crippen LogP contribution in [0.25, 0.3) is 0 Å². The molecule has 0 radical (unpaired) electrons. The summed E-state index contributed by atoms with van der Waals surface area (Å²) in [6.07, 6.45) is 1.60. The Morgan fingerprint density at radius 2 is 2.19 bits per heavy atom. The van der Waals surface area contributed by atoms with E-state index in [1.165, 1.54) is 11.9 Å². The summed E-state index contributed by atoms with van der Waals surface area (Å²) in [5.41, 5.74) is 0.926. The molecule has 1 aliphatic rings. The minimum Gasteiger partial charge on any atom is -0.444 e. The van der Waals surface area contributed by atoms with Gasteiger partial charge in [0.25, 0.3) is 0 Å². The second-order valence-corrected chi connectivity index (χ2v) is 4.58. The maximum atomic E-state index is 11.5. The maximum absolute atomic E-state index is 11.5. The molecule has 1 aromatic carbocycles. The molecular formula is C11H10ClNO2S. The summed E-state index contributed by atoms with van der Waals surface area (Å²) < 4.78 is 6.69. The highest BCUT2D eigenvalue weighted by Crippen LogP contribution is 2.19. The number of benzene rings is 1. The second-order valence-electron chi connectivity index (χ2n) is 3.22. The molecular weight excluding hydrogens is 246 g/mol. The van der Waals surface area contributed by atoms with Gasteiger partial charge in [0.15, 0.2) is 0 Å². The first-order valence-corrected chi connectivity index (χ1v) is 5.98. The number of carbonyl (C=O) groups excluding carboxylic acids is 1. The predicted molar refractivity (Wildman–Crippen MR) is 65.1 cm³/mol. The minimum absolute atomic E-state index is 0.271. The van der Waals surface area contributed by atoms with Crippen molar-refractivity contribution in [2.75, 3.05) is 6.54 Å². The molecule has 0 fully saturated rings. The zero-order chi connectivity index (χ0) is 11.4. The number of rotatable bonds is 2. The molecule has 0 saturated carbocycles. The molecule has 0 atom stereocenters. The van der Waals surface area contributed by atoms with Crippen LogP contribution >= 0.6 is 23.5 Å². The molecule has 0 spiro atoms. The molecule has 3 nitrogen and oxygen atoms in total. The van der Waals surface area contributed by atoms with Crippen LogP contribution in [0.2, 0.25) is 5.02 Å². The molecule has 5 heteroatoms. The summed E-state index contributed by atoms with van der Waals surface area (Å²) in [6.45, 7) is 0.872. The number of halogens is 1. The third-order valence-corrected chi connectivity index (χ3v) is 3.15. The normalized spacial score (nSPS) is 14.2. The lowest BCUT2D eigenvalue weighted by Crippen LogP contribution is -2.22. The van der Waals surface area contributed by atoms with E-state index in [0.717, 1.165) is 5.56 Å². The molecule has 1 aromatic rings. The largest absolute Gasteiger partial charge is 0.444 e. The van der Waals surface area contributed by atoms with E-state index in [0.29, 0.717) is 11.6 Å². The van der Waals surface area contributed by atoms with E-state index in [-0.39, 0.29) is 12.7 Å². The smallest absolute Gasteiger partial charge is 0.420 e. The molecule has 1 aliphatic heterocycles. The molecule has 1 amide bonds. The van der Waals surface area contributed by atoms with Crippen molar-refractivity contribution >= 4 is 29.6 Å². The zero-order valence-corrected chi connectivity index (χ0v) is 10.0. The number of carbonyl (C=O) groups is 1. The quantitative estimate of drug-likeness (QED) is 0.758. The van der Waals surface area contributed by atoms with Gasteiger partial charge in [-0.05, 0) is 35.1 Å². The van der Waals surface area contributed by atoms with E-state index < -0.39 is 0 Å².